The molecule has 0 aromatic rings. The Bertz CT molecular complexity index is 420. The smallest absolute Gasteiger partial charge is 0.309 e. The number of esters is 2. The SMILES string of the molecule is CC(C)[C@@H](OCC1CC1)[C@H](C)OC(=O)[C@H](C)CC(=O)OC(C)(C)C. The lowest BCUT2D eigenvalue weighted by atomic mass is 10.0. The molecule has 5 heteroatoms. The van der Waals surface area contributed by atoms with E-state index in [1.54, 1.807) is 27.7 Å². The zero-order valence-electron chi connectivity index (χ0n) is 16.3. The average Bonchev–Trinajstić information content (AvgIpc) is 3.19. The predicted octanol–water partition coefficient (Wildman–Crippen LogP) is 3.74. The van der Waals surface area contributed by atoms with Crippen LogP contribution >= 0.6 is 0 Å². The summed E-state index contributed by atoms with van der Waals surface area (Å²) in [6.45, 7) is 13.8. The van der Waals surface area contributed by atoms with Crippen LogP contribution in [0.25, 0.3) is 0 Å². The quantitative estimate of drug-likeness (QED) is 0.597. The van der Waals surface area contributed by atoms with Crippen molar-refractivity contribution in [2.75, 3.05) is 6.61 Å². The van der Waals surface area contributed by atoms with Crippen LogP contribution in [-0.4, -0.2) is 36.4 Å². The topological polar surface area (TPSA) is 61.8 Å². The Morgan fingerprint density at radius 1 is 1.08 bits per heavy atom. The monoisotopic (exact) mass is 342 g/mol. The predicted molar refractivity (Wildman–Crippen MR) is 92.5 cm³/mol. The Hall–Kier alpha value is -1.10. The Kier molecular flexibility index (Phi) is 7.71. The molecule has 1 aliphatic rings. The van der Waals surface area contributed by atoms with Gasteiger partial charge in [0.15, 0.2) is 0 Å². The molecule has 0 spiro atoms. The number of ether oxygens (including phenoxy) is 3. The average molecular weight is 342 g/mol. The van der Waals surface area contributed by atoms with Crippen molar-refractivity contribution in [2.24, 2.45) is 17.8 Å². The van der Waals surface area contributed by atoms with Gasteiger partial charge in [-0.05, 0) is 52.4 Å². The maximum Gasteiger partial charge on any atom is 0.309 e. The van der Waals surface area contributed by atoms with Crippen LogP contribution in [0.4, 0.5) is 0 Å². The first kappa shape index (κ1) is 20.9. The molecular formula is C19H34O5. The van der Waals surface area contributed by atoms with Crippen molar-refractivity contribution in [3.8, 4) is 0 Å². The molecule has 0 heterocycles. The van der Waals surface area contributed by atoms with Gasteiger partial charge >= 0.3 is 11.9 Å². The van der Waals surface area contributed by atoms with E-state index in [2.05, 4.69) is 13.8 Å². The minimum Gasteiger partial charge on any atom is -0.460 e. The largest absolute Gasteiger partial charge is 0.460 e. The number of carbonyl (C=O) groups is 2. The van der Waals surface area contributed by atoms with Crippen molar-refractivity contribution in [3.63, 3.8) is 0 Å². The van der Waals surface area contributed by atoms with Gasteiger partial charge in [0.2, 0.25) is 0 Å². The molecule has 1 rings (SSSR count). The molecule has 0 saturated heterocycles. The lowest BCUT2D eigenvalue weighted by Crippen LogP contribution is -2.37. The Balaban J connectivity index is 2.45. The Morgan fingerprint density at radius 2 is 1.67 bits per heavy atom. The highest BCUT2D eigenvalue weighted by Gasteiger charge is 2.31. The third kappa shape index (κ3) is 8.13. The fraction of sp³-hybridized carbons (Fsp3) is 0.895. The first-order valence-electron chi connectivity index (χ1n) is 9.03. The summed E-state index contributed by atoms with van der Waals surface area (Å²) in [5.41, 5.74) is -0.548. The second kappa shape index (κ2) is 8.84. The molecular weight excluding hydrogens is 308 g/mol. The second-order valence-electron chi connectivity index (χ2n) is 8.32. The van der Waals surface area contributed by atoms with Crippen LogP contribution in [0.5, 0.6) is 0 Å². The molecule has 0 unspecified atom stereocenters. The first-order chi connectivity index (χ1) is 11.0. The molecule has 1 fully saturated rings. The van der Waals surface area contributed by atoms with Crippen LogP contribution in [0, 0.1) is 17.8 Å². The number of carbonyl (C=O) groups excluding carboxylic acids is 2. The van der Waals surface area contributed by atoms with E-state index >= 15 is 0 Å². The summed E-state index contributed by atoms with van der Waals surface area (Å²) >= 11 is 0. The molecule has 140 valence electrons. The summed E-state index contributed by atoms with van der Waals surface area (Å²) in [6, 6.07) is 0. The van der Waals surface area contributed by atoms with Gasteiger partial charge in [0, 0.05) is 6.61 Å². The maximum absolute atomic E-state index is 12.2. The summed E-state index contributed by atoms with van der Waals surface area (Å²) in [7, 11) is 0. The third-order valence-corrected chi connectivity index (χ3v) is 3.94. The highest BCUT2D eigenvalue weighted by Crippen LogP contribution is 2.30. The molecule has 0 amide bonds. The van der Waals surface area contributed by atoms with Gasteiger partial charge in [0.05, 0.1) is 18.4 Å². The summed E-state index contributed by atoms with van der Waals surface area (Å²) in [5, 5.41) is 0. The van der Waals surface area contributed by atoms with Gasteiger partial charge in [-0.3, -0.25) is 9.59 Å². The number of hydrogen-bond acceptors (Lipinski definition) is 5. The molecule has 0 N–H and O–H groups in total. The van der Waals surface area contributed by atoms with Gasteiger partial charge in [-0.2, -0.15) is 0 Å². The molecule has 24 heavy (non-hydrogen) atoms. The Morgan fingerprint density at radius 3 is 2.12 bits per heavy atom. The third-order valence-electron chi connectivity index (χ3n) is 3.94. The maximum atomic E-state index is 12.2. The van der Waals surface area contributed by atoms with Gasteiger partial charge in [0.1, 0.15) is 11.7 Å². The summed E-state index contributed by atoms with van der Waals surface area (Å²) in [5.74, 6) is -0.370. The van der Waals surface area contributed by atoms with E-state index in [9.17, 15) is 9.59 Å². The van der Waals surface area contributed by atoms with E-state index in [0.29, 0.717) is 5.92 Å². The van der Waals surface area contributed by atoms with Crippen LogP contribution in [0.15, 0.2) is 0 Å². The van der Waals surface area contributed by atoms with Gasteiger partial charge in [0.25, 0.3) is 0 Å². The second-order valence-corrected chi connectivity index (χ2v) is 8.32. The van der Waals surface area contributed by atoms with E-state index in [1.165, 1.54) is 12.8 Å². The molecule has 0 radical (unpaired) electrons. The van der Waals surface area contributed by atoms with E-state index < -0.39 is 11.5 Å². The summed E-state index contributed by atoms with van der Waals surface area (Å²) in [4.78, 5) is 24.1. The van der Waals surface area contributed by atoms with Crippen molar-refractivity contribution < 1.29 is 23.8 Å². The molecule has 0 bridgehead atoms. The highest BCUT2D eigenvalue weighted by atomic mass is 16.6. The molecule has 3 atom stereocenters. The number of hydrogen-bond donors (Lipinski definition) is 0. The van der Waals surface area contributed by atoms with Crippen molar-refractivity contribution in [2.45, 2.75) is 85.5 Å². The van der Waals surface area contributed by atoms with Crippen molar-refractivity contribution >= 4 is 11.9 Å². The van der Waals surface area contributed by atoms with Crippen molar-refractivity contribution in [1.82, 2.24) is 0 Å². The normalized spacial score (nSPS) is 18.8. The van der Waals surface area contributed by atoms with Crippen LogP contribution in [0.3, 0.4) is 0 Å². The zero-order valence-corrected chi connectivity index (χ0v) is 16.3. The highest BCUT2D eigenvalue weighted by molar-refractivity contribution is 5.79. The van der Waals surface area contributed by atoms with E-state index in [0.717, 1.165) is 6.61 Å². The molecule has 0 aromatic carbocycles. The fourth-order valence-electron chi connectivity index (χ4n) is 2.48. The van der Waals surface area contributed by atoms with Gasteiger partial charge in [-0.15, -0.1) is 0 Å². The van der Waals surface area contributed by atoms with Crippen LogP contribution in [0.1, 0.15) is 67.7 Å². The molecule has 1 aliphatic carbocycles. The fourth-order valence-corrected chi connectivity index (χ4v) is 2.48. The minimum atomic E-state index is -0.548. The zero-order chi connectivity index (χ0) is 18.5. The van der Waals surface area contributed by atoms with E-state index in [4.69, 9.17) is 14.2 Å². The van der Waals surface area contributed by atoms with Gasteiger partial charge in [-0.1, -0.05) is 20.8 Å². The molecule has 0 aliphatic heterocycles. The molecule has 1 saturated carbocycles. The van der Waals surface area contributed by atoms with E-state index in [1.807, 2.05) is 6.92 Å². The molecule has 0 aromatic heterocycles. The van der Waals surface area contributed by atoms with Crippen molar-refractivity contribution in [3.05, 3.63) is 0 Å². The molecule has 5 nitrogen and oxygen atoms in total. The number of rotatable bonds is 9. The minimum absolute atomic E-state index is 0.0259. The van der Waals surface area contributed by atoms with Crippen molar-refractivity contribution in [1.29, 1.82) is 0 Å². The standard InChI is InChI=1S/C19H34O5/c1-12(2)17(22-11-15-8-9-15)14(4)23-18(21)13(3)10-16(20)24-19(5,6)7/h12-15,17H,8-11H2,1-7H3/t13-,14+,17-/m1/s1. The lowest BCUT2D eigenvalue weighted by Gasteiger charge is -2.28. The van der Waals surface area contributed by atoms with Crippen LogP contribution < -0.4 is 0 Å². The Labute approximate surface area is 146 Å². The van der Waals surface area contributed by atoms with E-state index in [-0.39, 0.29) is 36.5 Å². The lowest BCUT2D eigenvalue weighted by molar-refractivity contribution is -0.168. The summed E-state index contributed by atoms with van der Waals surface area (Å²) < 4.78 is 16.7. The summed E-state index contributed by atoms with van der Waals surface area (Å²) in [6.07, 6.45) is 2.02. The van der Waals surface area contributed by atoms with Crippen LogP contribution in [0.2, 0.25) is 0 Å². The van der Waals surface area contributed by atoms with Crippen LogP contribution in [-0.2, 0) is 23.8 Å². The first-order valence-corrected chi connectivity index (χ1v) is 9.03. The van der Waals surface area contributed by atoms with Gasteiger partial charge in [-0.25, -0.2) is 0 Å². The van der Waals surface area contributed by atoms with Gasteiger partial charge < -0.3 is 14.2 Å².